The summed E-state index contributed by atoms with van der Waals surface area (Å²) in [7, 11) is 0. The van der Waals surface area contributed by atoms with E-state index in [4.69, 9.17) is 5.73 Å². The van der Waals surface area contributed by atoms with Crippen molar-refractivity contribution in [2.24, 2.45) is 11.7 Å². The molecule has 1 atom stereocenters. The molecule has 0 fully saturated rings. The molecule has 2 N–H and O–H groups in total. The summed E-state index contributed by atoms with van der Waals surface area (Å²) in [5.74, 6) is -0.134. The van der Waals surface area contributed by atoms with Crippen molar-refractivity contribution in [2.45, 2.75) is 27.0 Å². The van der Waals surface area contributed by atoms with Crippen LogP contribution in [0.25, 0.3) is 0 Å². The molecule has 0 aliphatic heterocycles. The quantitative estimate of drug-likeness (QED) is 0.438. The molecule has 0 aromatic heterocycles. The smallest absolute Gasteiger partial charge is 0.304 e. The first kappa shape index (κ1) is 8.43. The SMILES string of the molecule is CC(=O)OC(N)C(C)C. The van der Waals surface area contributed by atoms with E-state index in [0.717, 1.165) is 0 Å². The Balaban J connectivity index is 3.50. The van der Waals surface area contributed by atoms with Crippen LogP contribution in [-0.2, 0) is 9.53 Å². The van der Waals surface area contributed by atoms with Crippen molar-refractivity contribution in [2.75, 3.05) is 0 Å². The largest absolute Gasteiger partial charge is 0.447 e. The Labute approximate surface area is 55.2 Å². The lowest BCUT2D eigenvalue weighted by Gasteiger charge is -2.14. The average Bonchev–Trinajstić information content (AvgIpc) is 1.63. The van der Waals surface area contributed by atoms with Crippen molar-refractivity contribution in [3.8, 4) is 0 Å². The Morgan fingerprint density at radius 1 is 1.56 bits per heavy atom. The van der Waals surface area contributed by atoms with Gasteiger partial charge in [-0.05, 0) is 0 Å². The van der Waals surface area contributed by atoms with Crippen LogP contribution < -0.4 is 5.73 Å². The summed E-state index contributed by atoms with van der Waals surface area (Å²) in [5, 5.41) is 0. The number of esters is 1. The van der Waals surface area contributed by atoms with Crippen LogP contribution in [0.2, 0.25) is 0 Å². The summed E-state index contributed by atoms with van der Waals surface area (Å²) in [6.45, 7) is 5.14. The lowest BCUT2D eigenvalue weighted by Crippen LogP contribution is -2.31. The van der Waals surface area contributed by atoms with E-state index in [-0.39, 0.29) is 11.9 Å². The predicted molar refractivity (Wildman–Crippen MR) is 34.6 cm³/mol. The van der Waals surface area contributed by atoms with Crippen LogP contribution in [0.1, 0.15) is 20.8 Å². The van der Waals surface area contributed by atoms with Crippen LogP contribution in [0, 0.1) is 5.92 Å². The fraction of sp³-hybridized carbons (Fsp3) is 0.833. The number of carbonyl (C=O) groups excluding carboxylic acids is 1. The van der Waals surface area contributed by atoms with E-state index in [0.29, 0.717) is 0 Å². The summed E-state index contributed by atoms with van der Waals surface area (Å²) in [5.41, 5.74) is 5.37. The summed E-state index contributed by atoms with van der Waals surface area (Å²) >= 11 is 0. The molecule has 0 radical (unpaired) electrons. The van der Waals surface area contributed by atoms with Gasteiger partial charge in [-0.25, -0.2) is 0 Å². The second-order valence-electron chi connectivity index (χ2n) is 2.32. The van der Waals surface area contributed by atoms with Gasteiger partial charge in [-0.1, -0.05) is 13.8 Å². The summed E-state index contributed by atoms with van der Waals surface area (Å²) in [4.78, 5) is 10.3. The van der Waals surface area contributed by atoms with Crippen LogP contribution in [-0.4, -0.2) is 12.2 Å². The molecule has 0 aromatic rings. The van der Waals surface area contributed by atoms with Crippen LogP contribution in [0.3, 0.4) is 0 Å². The van der Waals surface area contributed by atoms with E-state index >= 15 is 0 Å². The van der Waals surface area contributed by atoms with Gasteiger partial charge in [-0.3, -0.25) is 10.5 Å². The van der Waals surface area contributed by atoms with Gasteiger partial charge in [-0.15, -0.1) is 0 Å². The number of hydrogen-bond donors (Lipinski definition) is 1. The molecule has 0 saturated carbocycles. The Hall–Kier alpha value is -0.570. The molecule has 3 nitrogen and oxygen atoms in total. The standard InChI is InChI=1S/C6H13NO2/c1-4(2)6(7)9-5(3)8/h4,6H,7H2,1-3H3. The van der Waals surface area contributed by atoms with Crippen molar-refractivity contribution in [3.05, 3.63) is 0 Å². The van der Waals surface area contributed by atoms with Crippen molar-refractivity contribution < 1.29 is 9.53 Å². The second kappa shape index (κ2) is 3.45. The molecular formula is C6H13NO2. The Morgan fingerprint density at radius 2 is 2.00 bits per heavy atom. The Kier molecular flexibility index (Phi) is 3.24. The first-order valence-corrected chi connectivity index (χ1v) is 2.97. The molecular weight excluding hydrogens is 118 g/mol. The monoisotopic (exact) mass is 131 g/mol. The molecule has 0 saturated heterocycles. The second-order valence-corrected chi connectivity index (χ2v) is 2.32. The highest BCUT2D eigenvalue weighted by atomic mass is 16.6. The molecule has 0 bridgehead atoms. The minimum absolute atomic E-state index is 0.189. The molecule has 0 aromatic carbocycles. The molecule has 3 heteroatoms. The topological polar surface area (TPSA) is 52.3 Å². The highest BCUT2D eigenvalue weighted by Crippen LogP contribution is 1.98. The summed E-state index contributed by atoms with van der Waals surface area (Å²) in [6.07, 6.45) is -0.456. The van der Waals surface area contributed by atoms with Crippen molar-refractivity contribution in [1.29, 1.82) is 0 Å². The number of hydrogen-bond acceptors (Lipinski definition) is 3. The van der Waals surface area contributed by atoms with Gasteiger partial charge in [0.2, 0.25) is 0 Å². The molecule has 9 heavy (non-hydrogen) atoms. The lowest BCUT2D eigenvalue weighted by atomic mass is 10.2. The fourth-order valence-electron chi connectivity index (χ4n) is 0.328. The van der Waals surface area contributed by atoms with E-state index in [1.807, 2.05) is 13.8 Å². The number of rotatable bonds is 2. The van der Waals surface area contributed by atoms with Crippen molar-refractivity contribution in [1.82, 2.24) is 0 Å². The van der Waals surface area contributed by atoms with E-state index in [2.05, 4.69) is 4.74 Å². The maximum absolute atomic E-state index is 10.3. The molecule has 0 aliphatic rings. The predicted octanol–water partition coefficient (Wildman–Crippen LogP) is 0.490. The normalized spacial score (nSPS) is 13.4. The van der Waals surface area contributed by atoms with Crippen LogP contribution in [0.15, 0.2) is 0 Å². The Bertz CT molecular complexity index is 101. The van der Waals surface area contributed by atoms with Gasteiger partial charge in [0.05, 0.1) is 0 Å². The van der Waals surface area contributed by atoms with E-state index in [1.54, 1.807) is 0 Å². The third kappa shape index (κ3) is 3.97. The van der Waals surface area contributed by atoms with Gasteiger partial charge >= 0.3 is 5.97 Å². The molecule has 0 spiro atoms. The molecule has 0 rings (SSSR count). The van der Waals surface area contributed by atoms with Gasteiger partial charge in [0.15, 0.2) is 6.23 Å². The van der Waals surface area contributed by atoms with Gasteiger partial charge in [0, 0.05) is 12.8 Å². The summed E-state index contributed by atoms with van der Waals surface area (Å²) in [6, 6.07) is 0. The number of ether oxygens (including phenoxy) is 1. The average molecular weight is 131 g/mol. The van der Waals surface area contributed by atoms with Crippen LogP contribution >= 0.6 is 0 Å². The molecule has 0 amide bonds. The maximum atomic E-state index is 10.3. The summed E-state index contributed by atoms with van der Waals surface area (Å²) < 4.78 is 4.65. The number of nitrogens with two attached hydrogens (primary N) is 1. The van der Waals surface area contributed by atoms with Crippen LogP contribution in [0.4, 0.5) is 0 Å². The van der Waals surface area contributed by atoms with Gasteiger partial charge in [0.1, 0.15) is 0 Å². The number of carbonyl (C=O) groups is 1. The minimum atomic E-state index is -0.456. The zero-order valence-electron chi connectivity index (χ0n) is 6.05. The molecule has 1 unspecified atom stereocenters. The van der Waals surface area contributed by atoms with Gasteiger partial charge in [-0.2, -0.15) is 0 Å². The van der Waals surface area contributed by atoms with Gasteiger partial charge in [0.25, 0.3) is 0 Å². The highest BCUT2D eigenvalue weighted by molar-refractivity contribution is 5.66. The van der Waals surface area contributed by atoms with E-state index < -0.39 is 6.23 Å². The van der Waals surface area contributed by atoms with Crippen molar-refractivity contribution >= 4 is 5.97 Å². The minimum Gasteiger partial charge on any atom is -0.447 e. The molecule has 0 aliphatic carbocycles. The first-order chi connectivity index (χ1) is 4.04. The molecule has 0 heterocycles. The third-order valence-electron chi connectivity index (χ3n) is 0.959. The van der Waals surface area contributed by atoms with E-state index in [9.17, 15) is 4.79 Å². The zero-order valence-corrected chi connectivity index (χ0v) is 6.05. The molecule has 54 valence electrons. The first-order valence-electron chi connectivity index (χ1n) is 2.97. The maximum Gasteiger partial charge on any atom is 0.304 e. The van der Waals surface area contributed by atoms with Gasteiger partial charge < -0.3 is 4.74 Å². The van der Waals surface area contributed by atoms with Crippen molar-refractivity contribution in [3.63, 3.8) is 0 Å². The zero-order chi connectivity index (χ0) is 7.44. The fourth-order valence-corrected chi connectivity index (χ4v) is 0.328. The third-order valence-corrected chi connectivity index (χ3v) is 0.959. The Morgan fingerprint density at radius 3 is 2.11 bits per heavy atom. The lowest BCUT2D eigenvalue weighted by molar-refractivity contribution is -0.148. The highest BCUT2D eigenvalue weighted by Gasteiger charge is 2.08. The van der Waals surface area contributed by atoms with Crippen LogP contribution in [0.5, 0.6) is 0 Å². The van der Waals surface area contributed by atoms with E-state index in [1.165, 1.54) is 6.92 Å².